The van der Waals surface area contributed by atoms with Crippen LogP contribution in [0.5, 0.6) is 0 Å². The van der Waals surface area contributed by atoms with Crippen LogP contribution >= 0.6 is 11.8 Å². The van der Waals surface area contributed by atoms with Crippen molar-refractivity contribution in [1.82, 2.24) is 0 Å². The van der Waals surface area contributed by atoms with Crippen LogP contribution in [0.4, 0.5) is 0 Å². The van der Waals surface area contributed by atoms with Crippen LogP contribution in [-0.2, 0) is 0 Å². The zero-order valence-electron chi connectivity index (χ0n) is 9.74. The van der Waals surface area contributed by atoms with Crippen LogP contribution in [0.15, 0.2) is 75.6 Å². The van der Waals surface area contributed by atoms with E-state index in [0.717, 1.165) is 16.1 Å². The molecule has 18 heavy (non-hydrogen) atoms. The lowest BCUT2D eigenvalue weighted by atomic mass is 10.2. The Morgan fingerprint density at radius 2 is 1.67 bits per heavy atom. The van der Waals surface area contributed by atoms with Gasteiger partial charge in [-0.25, -0.2) is 0 Å². The molecule has 0 atom stereocenters. The quantitative estimate of drug-likeness (QED) is 0.595. The van der Waals surface area contributed by atoms with Crippen molar-refractivity contribution in [3.05, 3.63) is 71.6 Å². The number of benzene rings is 2. The summed E-state index contributed by atoms with van der Waals surface area (Å²) < 4.78 is 5.72. The Kier molecular flexibility index (Phi) is 3.20. The summed E-state index contributed by atoms with van der Waals surface area (Å²) in [4.78, 5) is 0. The third kappa shape index (κ3) is 2.49. The molecule has 0 aliphatic carbocycles. The largest absolute Gasteiger partial charge is 0.450 e. The summed E-state index contributed by atoms with van der Waals surface area (Å²) in [6.07, 6.45) is 2.08. The minimum Gasteiger partial charge on any atom is -0.450 e. The molecular formula is C16H12OS. The molecule has 0 saturated heterocycles. The highest BCUT2D eigenvalue weighted by Crippen LogP contribution is 2.27. The van der Waals surface area contributed by atoms with Crippen LogP contribution in [0.25, 0.3) is 17.0 Å². The summed E-state index contributed by atoms with van der Waals surface area (Å²) in [5, 5.41) is 4.11. The van der Waals surface area contributed by atoms with Gasteiger partial charge >= 0.3 is 0 Å². The Hall–Kier alpha value is -1.93. The first kappa shape index (κ1) is 11.2. The molecule has 1 nitrogen and oxygen atoms in total. The molecule has 2 heteroatoms. The number of para-hydroxylation sites is 1. The Morgan fingerprint density at radius 1 is 0.889 bits per heavy atom. The van der Waals surface area contributed by atoms with Crippen molar-refractivity contribution < 1.29 is 4.42 Å². The Balaban J connectivity index is 1.75. The molecule has 0 aliphatic heterocycles. The normalized spacial score (nSPS) is 11.3. The summed E-state index contributed by atoms with van der Waals surface area (Å²) in [6.45, 7) is 0. The zero-order chi connectivity index (χ0) is 12.2. The summed E-state index contributed by atoms with van der Waals surface area (Å²) in [7, 11) is 0. The van der Waals surface area contributed by atoms with Gasteiger partial charge in [0.25, 0.3) is 0 Å². The first-order valence-corrected chi connectivity index (χ1v) is 6.67. The van der Waals surface area contributed by atoms with Crippen molar-refractivity contribution in [3.63, 3.8) is 0 Å². The van der Waals surface area contributed by atoms with Crippen LogP contribution < -0.4 is 0 Å². The number of furan rings is 1. The molecule has 0 saturated carbocycles. The molecule has 3 aromatic rings. The fraction of sp³-hybridized carbons (Fsp3) is 0. The molecule has 0 N–H and O–H groups in total. The molecular weight excluding hydrogens is 240 g/mol. The van der Waals surface area contributed by atoms with Crippen molar-refractivity contribution in [2.45, 2.75) is 5.09 Å². The van der Waals surface area contributed by atoms with Crippen molar-refractivity contribution in [2.24, 2.45) is 0 Å². The molecule has 1 aromatic heterocycles. The lowest BCUT2D eigenvalue weighted by Crippen LogP contribution is -1.66. The predicted octanol–water partition coefficient (Wildman–Crippen LogP) is 5.20. The first-order chi connectivity index (χ1) is 8.92. The summed E-state index contributed by atoms with van der Waals surface area (Å²) in [5.41, 5.74) is 2.13. The second-order valence-electron chi connectivity index (χ2n) is 3.93. The van der Waals surface area contributed by atoms with Crippen LogP contribution in [-0.4, -0.2) is 0 Å². The van der Waals surface area contributed by atoms with Crippen molar-refractivity contribution in [2.75, 3.05) is 0 Å². The second-order valence-corrected chi connectivity index (χ2v) is 4.84. The monoisotopic (exact) mass is 252 g/mol. The number of hydrogen-bond acceptors (Lipinski definition) is 2. The first-order valence-electron chi connectivity index (χ1n) is 5.79. The molecule has 0 spiro atoms. The third-order valence-corrected chi connectivity index (χ3v) is 3.35. The molecule has 88 valence electrons. The number of hydrogen-bond donors (Lipinski definition) is 0. The number of thioether (sulfide) groups is 1. The molecule has 0 bridgehead atoms. The van der Waals surface area contributed by atoms with Crippen molar-refractivity contribution in [3.8, 4) is 0 Å². The predicted molar refractivity (Wildman–Crippen MR) is 77.5 cm³/mol. The van der Waals surface area contributed by atoms with Gasteiger partial charge in [-0.1, -0.05) is 60.3 Å². The van der Waals surface area contributed by atoms with Gasteiger partial charge < -0.3 is 4.42 Å². The lowest BCUT2D eigenvalue weighted by Gasteiger charge is -1.90. The molecule has 0 amide bonds. The molecule has 0 radical (unpaired) electrons. The Morgan fingerprint density at radius 3 is 2.50 bits per heavy atom. The molecule has 0 aliphatic rings. The maximum Gasteiger partial charge on any atom is 0.165 e. The highest BCUT2D eigenvalue weighted by atomic mass is 32.2. The standard InChI is InChI=1S/C16H12OS/c1-2-6-13(7-3-1)10-11-18-16-12-14-8-4-5-9-15(14)17-16/h1-12H/b11-10-. The van der Waals surface area contributed by atoms with E-state index in [1.54, 1.807) is 11.8 Å². The fourth-order valence-electron chi connectivity index (χ4n) is 1.76. The van der Waals surface area contributed by atoms with E-state index in [2.05, 4.69) is 30.3 Å². The average Bonchev–Trinajstić information content (AvgIpc) is 2.82. The highest BCUT2D eigenvalue weighted by molar-refractivity contribution is 8.02. The smallest absolute Gasteiger partial charge is 0.165 e. The van der Waals surface area contributed by atoms with Crippen molar-refractivity contribution in [1.29, 1.82) is 0 Å². The highest BCUT2D eigenvalue weighted by Gasteiger charge is 2.00. The van der Waals surface area contributed by atoms with Gasteiger partial charge in [0, 0.05) is 5.39 Å². The Labute approximate surface area is 110 Å². The van der Waals surface area contributed by atoms with Crippen LogP contribution in [0.1, 0.15) is 5.56 Å². The fourth-order valence-corrected chi connectivity index (χ4v) is 2.45. The number of fused-ring (bicyclic) bond motifs is 1. The van der Waals surface area contributed by atoms with Gasteiger partial charge in [-0.05, 0) is 29.2 Å². The van der Waals surface area contributed by atoms with Gasteiger partial charge in [-0.15, -0.1) is 0 Å². The van der Waals surface area contributed by atoms with Gasteiger partial charge in [-0.3, -0.25) is 0 Å². The topological polar surface area (TPSA) is 13.1 Å². The summed E-state index contributed by atoms with van der Waals surface area (Å²) >= 11 is 1.59. The van der Waals surface area contributed by atoms with Gasteiger partial charge in [-0.2, -0.15) is 0 Å². The molecule has 0 unspecified atom stereocenters. The van der Waals surface area contributed by atoms with Gasteiger partial charge in [0.05, 0.1) is 0 Å². The lowest BCUT2D eigenvalue weighted by molar-refractivity contribution is 0.516. The van der Waals surface area contributed by atoms with Crippen LogP contribution in [0.2, 0.25) is 0 Å². The van der Waals surface area contributed by atoms with E-state index in [1.165, 1.54) is 5.56 Å². The summed E-state index contributed by atoms with van der Waals surface area (Å²) in [5.74, 6) is 0. The molecule has 1 heterocycles. The van der Waals surface area contributed by atoms with Gasteiger partial charge in [0.15, 0.2) is 5.09 Å². The minimum absolute atomic E-state index is 0.920. The minimum atomic E-state index is 0.920. The van der Waals surface area contributed by atoms with Crippen LogP contribution in [0.3, 0.4) is 0 Å². The van der Waals surface area contributed by atoms with Crippen molar-refractivity contribution >= 4 is 28.8 Å². The van der Waals surface area contributed by atoms with E-state index in [0.29, 0.717) is 0 Å². The summed E-state index contributed by atoms with van der Waals surface area (Å²) in [6, 6.07) is 20.4. The van der Waals surface area contributed by atoms with E-state index in [9.17, 15) is 0 Å². The third-order valence-electron chi connectivity index (χ3n) is 2.65. The van der Waals surface area contributed by atoms with E-state index in [4.69, 9.17) is 4.42 Å². The van der Waals surface area contributed by atoms with E-state index in [1.807, 2.05) is 41.8 Å². The molecule has 2 aromatic carbocycles. The van der Waals surface area contributed by atoms with Gasteiger partial charge in [0.1, 0.15) is 5.58 Å². The number of rotatable bonds is 3. The maximum atomic E-state index is 5.72. The maximum absolute atomic E-state index is 5.72. The van der Waals surface area contributed by atoms with Crippen LogP contribution in [0, 0.1) is 0 Å². The molecule has 3 rings (SSSR count). The second kappa shape index (κ2) is 5.15. The Bertz CT molecular complexity index is 635. The van der Waals surface area contributed by atoms with Gasteiger partial charge in [0.2, 0.25) is 0 Å². The van der Waals surface area contributed by atoms with E-state index >= 15 is 0 Å². The van der Waals surface area contributed by atoms with E-state index < -0.39 is 0 Å². The SMILES string of the molecule is C(=C/c1ccccc1)/Sc1cc2ccccc2o1. The van der Waals surface area contributed by atoms with E-state index in [-0.39, 0.29) is 0 Å². The zero-order valence-corrected chi connectivity index (χ0v) is 10.6. The molecule has 0 fully saturated rings. The average molecular weight is 252 g/mol.